The van der Waals surface area contributed by atoms with Crippen LogP contribution in [0.3, 0.4) is 0 Å². The Hall–Kier alpha value is -4.92. The quantitative estimate of drug-likeness (QED) is 0.220. The molecule has 6 aromatic rings. The Bertz CT molecular complexity index is 1850. The SMILES string of the molecule is CN(C)c1c2cccc(O)c2c(C2C([O-])C(c3c4c(O)cccc4c(N(C)C)c4cccc(O)c34)C2[O-])c2c(O)cccc12. The summed E-state index contributed by atoms with van der Waals surface area (Å²) in [6.07, 6.45) is -3.02. The molecule has 1 fully saturated rings. The van der Waals surface area contributed by atoms with Crippen LogP contribution in [0.2, 0.25) is 0 Å². The van der Waals surface area contributed by atoms with Gasteiger partial charge < -0.3 is 40.4 Å². The number of anilines is 2. The Morgan fingerprint density at radius 3 is 0.932 bits per heavy atom. The molecule has 1 aliphatic rings. The maximum Gasteiger partial charge on any atom is 0.123 e. The van der Waals surface area contributed by atoms with Crippen molar-refractivity contribution in [3.63, 3.8) is 0 Å². The van der Waals surface area contributed by atoms with Gasteiger partial charge in [0.05, 0.1) is 11.4 Å². The molecular formula is C36H32N2O6-2. The lowest BCUT2D eigenvalue weighted by Gasteiger charge is -2.62. The number of fused-ring (bicyclic) bond motifs is 4. The summed E-state index contributed by atoms with van der Waals surface area (Å²) in [4.78, 5) is 3.77. The normalized spacial score (nSPS) is 20.0. The van der Waals surface area contributed by atoms with Crippen molar-refractivity contribution in [1.29, 1.82) is 0 Å². The summed E-state index contributed by atoms with van der Waals surface area (Å²) in [5, 5.41) is 78.0. The predicted molar refractivity (Wildman–Crippen MR) is 171 cm³/mol. The van der Waals surface area contributed by atoms with Gasteiger partial charge in [-0.1, -0.05) is 48.5 Å². The van der Waals surface area contributed by atoms with E-state index in [1.165, 1.54) is 24.3 Å². The van der Waals surface area contributed by atoms with Crippen LogP contribution in [-0.4, -0.2) is 60.8 Å². The molecule has 0 saturated heterocycles. The molecule has 0 amide bonds. The van der Waals surface area contributed by atoms with Crippen LogP contribution >= 0.6 is 0 Å². The lowest BCUT2D eigenvalue weighted by Crippen LogP contribution is -2.63. The lowest BCUT2D eigenvalue weighted by atomic mass is 9.60. The predicted octanol–water partition coefficient (Wildman–Crippen LogP) is 4.59. The van der Waals surface area contributed by atoms with Gasteiger partial charge in [-0.2, -0.15) is 0 Å². The van der Waals surface area contributed by atoms with Gasteiger partial charge in [-0.25, -0.2) is 0 Å². The fourth-order valence-electron chi connectivity index (χ4n) is 7.58. The van der Waals surface area contributed by atoms with Gasteiger partial charge in [0.15, 0.2) is 0 Å². The van der Waals surface area contributed by atoms with Gasteiger partial charge in [0.25, 0.3) is 0 Å². The Kier molecular flexibility index (Phi) is 6.21. The number of aromatic hydroxyl groups is 4. The first-order valence-electron chi connectivity index (χ1n) is 14.5. The van der Waals surface area contributed by atoms with E-state index in [0.717, 1.165) is 11.4 Å². The number of nitrogens with zero attached hydrogens (tertiary/aromatic N) is 2. The largest absolute Gasteiger partial charge is 0.851 e. The van der Waals surface area contributed by atoms with Gasteiger partial charge in [0, 0.05) is 71.3 Å². The highest BCUT2D eigenvalue weighted by Gasteiger charge is 2.43. The van der Waals surface area contributed by atoms with Crippen LogP contribution in [0.1, 0.15) is 23.0 Å². The van der Waals surface area contributed by atoms with Crippen LogP contribution in [0.15, 0.2) is 72.8 Å². The maximum absolute atomic E-state index is 14.6. The third-order valence-corrected chi connectivity index (χ3v) is 9.24. The molecule has 0 radical (unpaired) electrons. The van der Waals surface area contributed by atoms with Gasteiger partial charge in [0.1, 0.15) is 23.0 Å². The lowest BCUT2D eigenvalue weighted by molar-refractivity contribution is -0.535. The Morgan fingerprint density at radius 2 is 0.705 bits per heavy atom. The van der Waals surface area contributed by atoms with Crippen molar-refractivity contribution in [2.75, 3.05) is 38.0 Å². The zero-order valence-electron chi connectivity index (χ0n) is 24.7. The summed E-state index contributed by atoms with van der Waals surface area (Å²) in [7, 11) is 7.45. The van der Waals surface area contributed by atoms with Crippen LogP contribution < -0.4 is 20.0 Å². The van der Waals surface area contributed by atoms with Crippen molar-refractivity contribution in [2.24, 2.45) is 0 Å². The molecule has 0 bridgehead atoms. The number of phenolic OH excluding ortho intramolecular Hbond substituents is 4. The molecule has 0 aliphatic heterocycles. The number of rotatable bonds is 4. The van der Waals surface area contributed by atoms with Gasteiger partial charge in [-0.3, -0.25) is 0 Å². The van der Waals surface area contributed by atoms with E-state index in [1.54, 1.807) is 24.3 Å². The fourth-order valence-corrected chi connectivity index (χ4v) is 7.58. The molecule has 8 heteroatoms. The summed E-state index contributed by atoms with van der Waals surface area (Å²) >= 11 is 0. The molecule has 1 aliphatic carbocycles. The minimum absolute atomic E-state index is 0.0878. The Labute approximate surface area is 253 Å². The molecule has 0 unspecified atom stereocenters. The number of benzene rings is 6. The topological polar surface area (TPSA) is 134 Å². The number of phenols is 4. The van der Waals surface area contributed by atoms with Crippen molar-refractivity contribution in [2.45, 2.75) is 24.0 Å². The molecule has 0 spiro atoms. The van der Waals surface area contributed by atoms with Crippen LogP contribution in [0.5, 0.6) is 23.0 Å². The summed E-state index contributed by atoms with van der Waals surface area (Å²) in [6.45, 7) is 0. The smallest absolute Gasteiger partial charge is 0.123 e. The maximum atomic E-state index is 14.6. The molecule has 7 rings (SSSR count). The first-order chi connectivity index (χ1) is 21.0. The average Bonchev–Trinajstić information content (AvgIpc) is 2.96. The Balaban J connectivity index is 1.54. The summed E-state index contributed by atoms with van der Waals surface area (Å²) < 4.78 is 0. The van der Waals surface area contributed by atoms with Crippen molar-refractivity contribution < 1.29 is 30.6 Å². The minimum atomic E-state index is -1.51. The van der Waals surface area contributed by atoms with Crippen LogP contribution in [0, 0.1) is 0 Å². The second-order valence-electron chi connectivity index (χ2n) is 12.1. The summed E-state index contributed by atoms with van der Waals surface area (Å²) in [5.74, 6) is -2.60. The van der Waals surface area contributed by atoms with Crippen molar-refractivity contribution >= 4 is 54.5 Å². The van der Waals surface area contributed by atoms with Crippen LogP contribution in [0.25, 0.3) is 43.1 Å². The number of hydrogen-bond acceptors (Lipinski definition) is 8. The third kappa shape index (κ3) is 3.64. The van der Waals surface area contributed by atoms with Crippen molar-refractivity contribution in [3.05, 3.63) is 83.9 Å². The second kappa shape index (κ2) is 9.80. The van der Waals surface area contributed by atoms with E-state index < -0.39 is 24.0 Å². The molecule has 0 heterocycles. The molecule has 0 aromatic heterocycles. The zero-order chi connectivity index (χ0) is 31.2. The van der Waals surface area contributed by atoms with Gasteiger partial charge in [-0.15, -0.1) is 12.2 Å². The van der Waals surface area contributed by atoms with Crippen LogP contribution in [-0.2, 0) is 0 Å². The van der Waals surface area contributed by atoms with E-state index in [9.17, 15) is 30.6 Å². The summed E-state index contributed by atoms with van der Waals surface area (Å²) in [5.41, 5.74) is 2.13. The zero-order valence-corrected chi connectivity index (χ0v) is 24.7. The molecule has 4 N–H and O–H groups in total. The highest BCUT2D eigenvalue weighted by Crippen LogP contribution is 2.57. The highest BCUT2D eigenvalue weighted by molar-refractivity contribution is 6.19. The summed E-state index contributed by atoms with van der Waals surface area (Å²) in [6, 6.07) is 20.3. The molecule has 6 aromatic carbocycles. The first kappa shape index (κ1) is 27.9. The molecule has 224 valence electrons. The highest BCUT2D eigenvalue weighted by atomic mass is 16.3. The monoisotopic (exact) mass is 588 g/mol. The van der Waals surface area contributed by atoms with E-state index in [2.05, 4.69) is 0 Å². The van der Waals surface area contributed by atoms with Gasteiger partial charge >= 0.3 is 0 Å². The van der Waals surface area contributed by atoms with E-state index in [4.69, 9.17) is 0 Å². The van der Waals surface area contributed by atoms with E-state index in [-0.39, 0.29) is 23.0 Å². The Morgan fingerprint density at radius 1 is 0.455 bits per heavy atom. The van der Waals surface area contributed by atoms with Crippen molar-refractivity contribution in [1.82, 2.24) is 0 Å². The first-order valence-corrected chi connectivity index (χ1v) is 14.5. The van der Waals surface area contributed by atoms with Crippen molar-refractivity contribution in [3.8, 4) is 23.0 Å². The second-order valence-corrected chi connectivity index (χ2v) is 12.1. The van der Waals surface area contributed by atoms with Gasteiger partial charge in [0.2, 0.25) is 0 Å². The molecular weight excluding hydrogens is 556 g/mol. The fraction of sp³-hybridized carbons (Fsp3) is 0.222. The standard InChI is InChI=1S/C36H32N2O6/c1-37(2)33-17-9-5-13-21(39)25(17)29(26-18(33)10-6-14-22(26)40)31-35(43)32(36(31)44)30-27-19(11-7-15-23(27)41)34(38(3)4)20-12-8-16-24(42)28(20)30/h5-16,31-32,35-36,39-42H,1-4H3/q-2. The molecule has 44 heavy (non-hydrogen) atoms. The molecule has 1 saturated carbocycles. The molecule has 0 atom stereocenters. The third-order valence-electron chi connectivity index (χ3n) is 9.24. The van der Waals surface area contributed by atoms with E-state index in [0.29, 0.717) is 54.2 Å². The average molecular weight is 589 g/mol. The number of hydrogen-bond donors (Lipinski definition) is 4. The van der Waals surface area contributed by atoms with Crippen LogP contribution in [0.4, 0.5) is 11.4 Å². The van der Waals surface area contributed by atoms with E-state index >= 15 is 0 Å². The molecule has 8 nitrogen and oxygen atoms in total. The minimum Gasteiger partial charge on any atom is -0.851 e. The van der Waals surface area contributed by atoms with Gasteiger partial charge in [-0.05, 0) is 47.2 Å². The van der Waals surface area contributed by atoms with E-state index in [1.807, 2.05) is 62.3 Å².